The minimum Gasteiger partial charge on any atom is -0.364 e. The molecule has 16 heavy (non-hydrogen) atoms. The van der Waals surface area contributed by atoms with Crippen LogP contribution in [-0.2, 0) is 7.05 Å². The lowest BCUT2D eigenvalue weighted by Gasteiger charge is -1.99. The van der Waals surface area contributed by atoms with Crippen LogP contribution in [0.15, 0.2) is 13.9 Å². The van der Waals surface area contributed by atoms with Crippen LogP contribution in [0.25, 0.3) is 11.5 Å². The Kier molecular flexibility index (Phi) is 2.68. The molecule has 0 aliphatic carbocycles. The molecule has 86 valence electrons. The number of nitrogens with two attached hydrogens (primary N) is 1. The fourth-order valence-electron chi connectivity index (χ4n) is 1.14. The highest BCUT2D eigenvalue weighted by Crippen LogP contribution is 2.20. The summed E-state index contributed by atoms with van der Waals surface area (Å²) in [7, 11) is 1.51. The second kappa shape index (κ2) is 4.14. The smallest absolute Gasteiger partial charge is 0.364 e. The summed E-state index contributed by atoms with van der Waals surface area (Å²) in [5, 5.41) is 13.7. The van der Waals surface area contributed by atoms with Gasteiger partial charge in [0.2, 0.25) is 11.6 Å². The Labute approximate surface area is 89.2 Å². The minimum atomic E-state index is -0.581. The number of hydrogen-bond donors (Lipinski definition) is 2. The van der Waals surface area contributed by atoms with Crippen molar-refractivity contribution in [2.24, 2.45) is 12.8 Å². The lowest BCUT2D eigenvalue weighted by atomic mass is 10.4. The molecule has 2 heterocycles. The van der Waals surface area contributed by atoms with Crippen molar-refractivity contribution in [2.75, 3.05) is 18.4 Å². The molecule has 2 aromatic rings. The van der Waals surface area contributed by atoms with Crippen LogP contribution < -0.4 is 16.8 Å². The lowest BCUT2D eigenvalue weighted by molar-refractivity contribution is 0.309. The van der Waals surface area contributed by atoms with Crippen molar-refractivity contribution in [3.8, 4) is 11.5 Å². The maximum atomic E-state index is 11.1. The molecule has 0 saturated heterocycles. The van der Waals surface area contributed by atoms with Crippen molar-refractivity contribution in [1.29, 1.82) is 0 Å². The van der Waals surface area contributed by atoms with Crippen LogP contribution in [0.3, 0.4) is 0 Å². The maximum Gasteiger partial charge on any atom is 0.441 e. The molecule has 0 atom stereocenters. The second-order valence-electron chi connectivity index (χ2n) is 3.01. The van der Waals surface area contributed by atoms with Crippen molar-refractivity contribution in [1.82, 2.24) is 20.0 Å². The first-order valence-corrected chi connectivity index (χ1v) is 4.53. The Hall–Kier alpha value is -2.16. The molecular weight excluding hydrogens is 216 g/mol. The van der Waals surface area contributed by atoms with Gasteiger partial charge in [0, 0.05) is 20.1 Å². The van der Waals surface area contributed by atoms with Gasteiger partial charge in [-0.15, -0.1) is 0 Å². The molecule has 0 aromatic carbocycles. The number of hydrogen-bond acceptors (Lipinski definition) is 8. The van der Waals surface area contributed by atoms with E-state index in [2.05, 4.69) is 29.9 Å². The van der Waals surface area contributed by atoms with Gasteiger partial charge in [0.1, 0.15) is 0 Å². The number of nitrogens with zero attached hydrogens (tertiary/aromatic N) is 4. The summed E-state index contributed by atoms with van der Waals surface area (Å²) in [6, 6.07) is 0. The van der Waals surface area contributed by atoms with Crippen molar-refractivity contribution in [3.05, 3.63) is 10.6 Å². The first-order chi connectivity index (χ1) is 7.74. The van der Waals surface area contributed by atoms with Gasteiger partial charge >= 0.3 is 5.76 Å². The summed E-state index contributed by atoms with van der Waals surface area (Å²) in [5.74, 6) is 0.0305. The van der Waals surface area contributed by atoms with Crippen molar-refractivity contribution < 1.29 is 9.15 Å². The Morgan fingerprint density at radius 3 is 2.88 bits per heavy atom. The third kappa shape index (κ3) is 1.67. The summed E-state index contributed by atoms with van der Waals surface area (Å²) >= 11 is 0. The van der Waals surface area contributed by atoms with Crippen LogP contribution in [0.4, 0.5) is 5.82 Å². The average molecular weight is 226 g/mol. The van der Waals surface area contributed by atoms with Gasteiger partial charge < -0.3 is 11.1 Å². The van der Waals surface area contributed by atoms with E-state index in [0.717, 1.165) is 0 Å². The number of nitrogens with one attached hydrogen (secondary N) is 1. The lowest BCUT2D eigenvalue weighted by Crippen LogP contribution is -2.14. The molecule has 0 saturated carbocycles. The van der Waals surface area contributed by atoms with E-state index in [4.69, 9.17) is 5.73 Å². The van der Waals surface area contributed by atoms with Crippen LogP contribution in [0.2, 0.25) is 0 Å². The van der Waals surface area contributed by atoms with Crippen molar-refractivity contribution in [3.63, 3.8) is 0 Å². The van der Waals surface area contributed by atoms with E-state index >= 15 is 0 Å². The topological polar surface area (TPSA) is 125 Å². The fourth-order valence-corrected chi connectivity index (χ4v) is 1.14. The minimum absolute atomic E-state index is 0.241. The van der Waals surface area contributed by atoms with Crippen molar-refractivity contribution >= 4 is 5.82 Å². The Bertz CT molecular complexity index is 526. The predicted octanol–water partition coefficient (Wildman–Crippen LogP) is -1.21. The van der Waals surface area contributed by atoms with Gasteiger partial charge in [-0.1, -0.05) is 5.16 Å². The van der Waals surface area contributed by atoms with Gasteiger partial charge in [-0.05, 0) is 10.3 Å². The molecule has 0 radical (unpaired) electrons. The molecule has 0 aliphatic heterocycles. The first-order valence-electron chi connectivity index (χ1n) is 4.53. The maximum absolute atomic E-state index is 11.1. The van der Waals surface area contributed by atoms with Gasteiger partial charge in [0.25, 0.3) is 0 Å². The molecule has 0 amide bonds. The van der Waals surface area contributed by atoms with E-state index in [1.54, 1.807) is 0 Å². The predicted molar refractivity (Wildman–Crippen MR) is 52.6 cm³/mol. The summed E-state index contributed by atoms with van der Waals surface area (Å²) in [5.41, 5.74) is 5.64. The molecule has 9 heteroatoms. The van der Waals surface area contributed by atoms with Gasteiger partial charge in [-0.3, -0.25) is 9.09 Å². The average Bonchev–Trinajstić information content (AvgIpc) is 2.85. The zero-order valence-corrected chi connectivity index (χ0v) is 8.51. The van der Waals surface area contributed by atoms with E-state index in [1.165, 1.54) is 11.6 Å². The van der Waals surface area contributed by atoms with Gasteiger partial charge in [0.05, 0.1) is 0 Å². The number of anilines is 1. The molecule has 0 aliphatic rings. The van der Waals surface area contributed by atoms with E-state index in [9.17, 15) is 4.79 Å². The summed E-state index contributed by atoms with van der Waals surface area (Å²) in [4.78, 5) is 11.1. The molecule has 0 fully saturated rings. The molecule has 0 unspecified atom stereocenters. The highest BCUT2D eigenvalue weighted by atomic mass is 16.6. The third-order valence-electron chi connectivity index (χ3n) is 1.94. The monoisotopic (exact) mass is 226 g/mol. The summed E-state index contributed by atoms with van der Waals surface area (Å²) in [6.45, 7) is 0.942. The van der Waals surface area contributed by atoms with Crippen LogP contribution >= 0.6 is 0 Å². The summed E-state index contributed by atoms with van der Waals surface area (Å²) < 4.78 is 10.2. The number of aromatic nitrogens is 4. The van der Waals surface area contributed by atoms with Crippen LogP contribution in [0.5, 0.6) is 0 Å². The van der Waals surface area contributed by atoms with E-state index in [0.29, 0.717) is 24.6 Å². The normalized spacial score (nSPS) is 10.6. The Morgan fingerprint density at radius 2 is 2.25 bits per heavy atom. The molecule has 0 spiro atoms. The highest BCUT2D eigenvalue weighted by molar-refractivity contribution is 5.64. The number of rotatable bonds is 4. The molecular formula is C7H10N6O3. The highest BCUT2D eigenvalue weighted by Gasteiger charge is 2.19. The molecule has 2 rings (SSSR count). The molecule has 3 N–H and O–H groups in total. The van der Waals surface area contributed by atoms with Crippen LogP contribution in [-0.4, -0.2) is 33.1 Å². The van der Waals surface area contributed by atoms with Gasteiger partial charge in [0.15, 0.2) is 5.69 Å². The van der Waals surface area contributed by atoms with E-state index in [1.807, 2.05) is 0 Å². The van der Waals surface area contributed by atoms with Crippen LogP contribution in [0.1, 0.15) is 0 Å². The Morgan fingerprint density at radius 1 is 1.44 bits per heavy atom. The fraction of sp³-hybridized carbons (Fsp3) is 0.429. The van der Waals surface area contributed by atoms with Gasteiger partial charge in [-0.25, -0.2) is 9.42 Å². The molecule has 0 bridgehead atoms. The third-order valence-corrected chi connectivity index (χ3v) is 1.94. The zero-order valence-electron chi connectivity index (χ0n) is 8.51. The second-order valence-corrected chi connectivity index (χ2v) is 3.01. The van der Waals surface area contributed by atoms with Crippen LogP contribution in [0, 0.1) is 0 Å². The largest absolute Gasteiger partial charge is 0.441 e. The molecule has 9 nitrogen and oxygen atoms in total. The SMILES string of the molecule is Cn1c(-c2nonc2NCCN)noc1=O. The first kappa shape index (κ1) is 10.4. The molecule has 2 aromatic heterocycles. The van der Waals surface area contributed by atoms with E-state index < -0.39 is 5.76 Å². The standard InChI is InChI=1S/C7H10N6O3/c1-13-6(12-15-7(13)14)4-5(9-3-2-8)11-16-10-4/h2-3,8H2,1H3,(H,9,11). The Balaban J connectivity index is 2.37. The quantitative estimate of drug-likeness (QED) is 0.665. The zero-order chi connectivity index (χ0) is 11.5. The van der Waals surface area contributed by atoms with Crippen molar-refractivity contribution in [2.45, 2.75) is 0 Å². The van der Waals surface area contributed by atoms with Gasteiger partial charge in [-0.2, -0.15) is 0 Å². The van der Waals surface area contributed by atoms with E-state index in [-0.39, 0.29) is 5.82 Å². The summed E-state index contributed by atoms with van der Waals surface area (Å²) in [6.07, 6.45) is 0.